The summed E-state index contributed by atoms with van der Waals surface area (Å²) < 4.78 is 5.45. The molecule has 8 heteroatoms. The van der Waals surface area contributed by atoms with Crippen molar-refractivity contribution in [1.29, 1.82) is 0 Å². The van der Waals surface area contributed by atoms with Crippen molar-refractivity contribution < 1.29 is 14.3 Å². The Labute approximate surface area is 171 Å². The second-order valence-corrected chi connectivity index (χ2v) is 7.67. The normalized spacial score (nSPS) is 11.0. The van der Waals surface area contributed by atoms with E-state index in [1.54, 1.807) is 32.9 Å². The Morgan fingerprint density at radius 2 is 1.72 bits per heavy atom. The molecule has 0 bridgehead atoms. The Kier molecular flexibility index (Phi) is 7.41. The third kappa shape index (κ3) is 7.69. The van der Waals surface area contributed by atoms with E-state index in [-0.39, 0.29) is 19.0 Å². The summed E-state index contributed by atoms with van der Waals surface area (Å²) in [6.07, 6.45) is 1.89. The molecule has 156 valence electrons. The van der Waals surface area contributed by atoms with Crippen LogP contribution in [0.4, 0.5) is 22.0 Å². The molecule has 0 aliphatic carbocycles. The van der Waals surface area contributed by atoms with E-state index in [1.807, 2.05) is 24.3 Å². The molecule has 2 rings (SSSR count). The Balaban J connectivity index is 1.91. The van der Waals surface area contributed by atoms with Gasteiger partial charge in [0.05, 0.1) is 11.9 Å². The molecule has 0 radical (unpaired) electrons. The standard InChI is InChI=1S/C21H29N5O3/c1-21(2,3)29-20(28)26(18-10-9-17(23)14-25-18)13-12-24-19(27)11-6-15-4-7-16(22)8-5-15/h4-5,7-10,14H,6,11-13,22-23H2,1-3H3,(H,24,27). The molecule has 5 N–H and O–H groups in total. The van der Waals surface area contributed by atoms with Gasteiger partial charge in [0.15, 0.2) is 0 Å². The number of anilines is 3. The van der Waals surface area contributed by atoms with Crippen molar-refractivity contribution in [3.8, 4) is 0 Å². The Bertz CT molecular complexity index is 814. The lowest BCUT2D eigenvalue weighted by Crippen LogP contribution is -2.42. The summed E-state index contributed by atoms with van der Waals surface area (Å²) in [7, 11) is 0. The molecule has 0 atom stereocenters. The molecule has 0 aliphatic heterocycles. The van der Waals surface area contributed by atoms with Gasteiger partial charge in [0.2, 0.25) is 5.91 Å². The number of rotatable bonds is 7. The maximum Gasteiger partial charge on any atom is 0.416 e. The number of nitrogen functional groups attached to an aromatic ring is 2. The molecule has 0 fully saturated rings. The van der Waals surface area contributed by atoms with Crippen LogP contribution in [-0.2, 0) is 16.0 Å². The number of hydrogen-bond acceptors (Lipinski definition) is 6. The lowest BCUT2D eigenvalue weighted by Gasteiger charge is -2.27. The van der Waals surface area contributed by atoms with Crippen molar-refractivity contribution in [2.75, 3.05) is 29.5 Å². The van der Waals surface area contributed by atoms with Gasteiger partial charge >= 0.3 is 6.09 Å². The van der Waals surface area contributed by atoms with Crippen LogP contribution < -0.4 is 21.7 Å². The molecule has 0 unspecified atom stereocenters. The average Bonchev–Trinajstić information content (AvgIpc) is 2.64. The first-order valence-corrected chi connectivity index (χ1v) is 9.47. The number of nitrogens with two attached hydrogens (primary N) is 2. The van der Waals surface area contributed by atoms with E-state index in [4.69, 9.17) is 16.2 Å². The number of aryl methyl sites for hydroxylation is 1. The average molecular weight is 399 g/mol. The van der Waals surface area contributed by atoms with Crippen LogP contribution in [0.15, 0.2) is 42.6 Å². The summed E-state index contributed by atoms with van der Waals surface area (Å²) in [5.41, 5.74) is 12.9. The zero-order valence-corrected chi connectivity index (χ0v) is 17.1. The van der Waals surface area contributed by atoms with E-state index >= 15 is 0 Å². The minimum absolute atomic E-state index is 0.101. The molecule has 0 spiro atoms. The van der Waals surface area contributed by atoms with Gasteiger partial charge in [-0.2, -0.15) is 0 Å². The van der Waals surface area contributed by atoms with Crippen molar-refractivity contribution in [1.82, 2.24) is 10.3 Å². The van der Waals surface area contributed by atoms with Gasteiger partial charge in [0.1, 0.15) is 11.4 Å². The van der Waals surface area contributed by atoms with Crippen LogP contribution in [0.5, 0.6) is 0 Å². The molecule has 1 aromatic carbocycles. The number of pyridine rings is 1. The number of nitrogens with one attached hydrogen (secondary N) is 1. The largest absolute Gasteiger partial charge is 0.443 e. The summed E-state index contributed by atoms with van der Waals surface area (Å²) in [5.74, 6) is 0.306. The third-order valence-electron chi connectivity index (χ3n) is 3.94. The second-order valence-electron chi connectivity index (χ2n) is 7.67. The fourth-order valence-electron chi connectivity index (χ4n) is 2.51. The van der Waals surface area contributed by atoms with Gasteiger partial charge in [-0.25, -0.2) is 9.78 Å². The van der Waals surface area contributed by atoms with Crippen LogP contribution >= 0.6 is 0 Å². The summed E-state index contributed by atoms with van der Waals surface area (Å²) in [6.45, 7) is 5.86. The van der Waals surface area contributed by atoms with E-state index in [0.717, 1.165) is 5.56 Å². The number of ether oxygens (including phenoxy) is 1. The van der Waals surface area contributed by atoms with Crippen molar-refractivity contribution >= 4 is 29.2 Å². The smallest absolute Gasteiger partial charge is 0.416 e. The van der Waals surface area contributed by atoms with Gasteiger partial charge in [0.25, 0.3) is 0 Å². The molecule has 29 heavy (non-hydrogen) atoms. The Morgan fingerprint density at radius 1 is 1.07 bits per heavy atom. The van der Waals surface area contributed by atoms with Crippen molar-refractivity contribution in [2.24, 2.45) is 0 Å². The Hall–Kier alpha value is -3.29. The van der Waals surface area contributed by atoms with E-state index in [2.05, 4.69) is 10.3 Å². The summed E-state index contributed by atoms with van der Waals surface area (Å²) in [6, 6.07) is 10.7. The number of amides is 2. The zero-order chi connectivity index (χ0) is 21.4. The van der Waals surface area contributed by atoms with Crippen molar-refractivity contribution in [2.45, 2.75) is 39.2 Å². The highest BCUT2D eigenvalue weighted by molar-refractivity contribution is 5.87. The number of benzene rings is 1. The Morgan fingerprint density at radius 3 is 2.31 bits per heavy atom. The SMILES string of the molecule is CC(C)(C)OC(=O)N(CCNC(=O)CCc1ccc(N)cc1)c1ccc(N)cn1. The van der Waals surface area contributed by atoms with Gasteiger partial charge in [-0.1, -0.05) is 12.1 Å². The number of carbonyl (C=O) groups excluding carboxylic acids is 2. The maximum absolute atomic E-state index is 12.6. The van der Waals surface area contributed by atoms with Crippen LogP contribution in [-0.4, -0.2) is 35.7 Å². The van der Waals surface area contributed by atoms with E-state index in [0.29, 0.717) is 30.0 Å². The van der Waals surface area contributed by atoms with Crippen LogP contribution in [0.25, 0.3) is 0 Å². The van der Waals surface area contributed by atoms with E-state index < -0.39 is 11.7 Å². The predicted octanol–water partition coefficient (Wildman–Crippen LogP) is 2.74. The quantitative estimate of drug-likeness (QED) is 0.615. The molecular formula is C21H29N5O3. The summed E-state index contributed by atoms with van der Waals surface area (Å²) >= 11 is 0. The van der Waals surface area contributed by atoms with Gasteiger partial charge in [-0.15, -0.1) is 0 Å². The minimum atomic E-state index is -0.647. The number of nitrogens with zero attached hydrogens (tertiary/aromatic N) is 2. The predicted molar refractivity (Wildman–Crippen MR) is 114 cm³/mol. The van der Waals surface area contributed by atoms with Crippen LogP contribution in [0.3, 0.4) is 0 Å². The highest BCUT2D eigenvalue weighted by Gasteiger charge is 2.24. The molecule has 1 heterocycles. The number of hydrogen-bond donors (Lipinski definition) is 3. The molecule has 1 aromatic heterocycles. The van der Waals surface area contributed by atoms with Gasteiger partial charge in [-0.3, -0.25) is 9.69 Å². The van der Waals surface area contributed by atoms with Crippen LogP contribution in [0.2, 0.25) is 0 Å². The minimum Gasteiger partial charge on any atom is -0.443 e. The molecule has 8 nitrogen and oxygen atoms in total. The summed E-state index contributed by atoms with van der Waals surface area (Å²) in [4.78, 5) is 30.3. The topological polar surface area (TPSA) is 124 Å². The van der Waals surface area contributed by atoms with Crippen LogP contribution in [0, 0.1) is 0 Å². The first-order chi connectivity index (χ1) is 13.6. The van der Waals surface area contributed by atoms with Gasteiger partial charge in [0, 0.05) is 25.2 Å². The molecule has 0 saturated carbocycles. The molecular weight excluding hydrogens is 370 g/mol. The highest BCUT2D eigenvalue weighted by atomic mass is 16.6. The molecule has 0 aliphatic rings. The molecule has 2 aromatic rings. The van der Waals surface area contributed by atoms with Gasteiger partial charge in [-0.05, 0) is 57.0 Å². The third-order valence-corrected chi connectivity index (χ3v) is 3.94. The fourth-order valence-corrected chi connectivity index (χ4v) is 2.51. The fraction of sp³-hybridized carbons (Fsp3) is 0.381. The van der Waals surface area contributed by atoms with Crippen LogP contribution in [0.1, 0.15) is 32.8 Å². The molecule has 0 saturated heterocycles. The lowest BCUT2D eigenvalue weighted by molar-refractivity contribution is -0.121. The number of aromatic nitrogens is 1. The van der Waals surface area contributed by atoms with Crippen molar-refractivity contribution in [3.63, 3.8) is 0 Å². The maximum atomic E-state index is 12.6. The first-order valence-electron chi connectivity index (χ1n) is 9.47. The number of carbonyl (C=O) groups is 2. The monoisotopic (exact) mass is 399 g/mol. The highest BCUT2D eigenvalue weighted by Crippen LogP contribution is 2.17. The van der Waals surface area contributed by atoms with E-state index in [9.17, 15) is 9.59 Å². The zero-order valence-electron chi connectivity index (χ0n) is 17.1. The second kappa shape index (κ2) is 9.77. The summed E-state index contributed by atoms with van der Waals surface area (Å²) in [5, 5.41) is 2.83. The van der Waals surface area contributed by atoms with E-state index in [1.165, 1.54) is 11.1 Å². The molecule has 2 amide bonds. The van der Waals surface area contributed by atoms with Gasteiger partial charge < -0.3 is 21.5 Å². The van der Waals surface area contributed by atoms with Crippen molar-refractivity contribution in [3.05, 3.63) is 48.2 Å². The first kappa shape index (κ1) is 22.0. The lowest BCUT2D eigenvalue weighted by atomic mass is 10.1.